The molecular formula is C15H11BrF4O. The van der Waals surface area contributed by atoms with Gasteiger partial charge in [0.15, 0.2) is 11.6 Å². The van der Waals surface area contributed by atoms with E-state index in [9.17, 15) is 17.6 Å². The molecule has 6 heteroatoms. The summed E-state index contributed by atoms with van der Waals surface area (Å²) < 4.78 is 56.8. The second kappa shape index (κ2) is 6.47. The number of hydrogen-bond acceptors (Lipinski definition) is 1. The molecule has 112 valence electrons. The third-order valence-electron chi connectivity index (χ3n) is 2.83. The average Bonchev–Trinajstić information content (AvgIpc) is 2.45. The summed E-state index contributed by atoms with van der Waals surface area (Å²) in [5.41, 5.74) is 0.174. The summed E-state index contributed by atoms with van der Waals surface area (Å²) in [6, 6.07) is 9.25. The molecule has 0 saturated carbocycles. The molecule has 0 fully saturated rings. The zero-order valence-corrected chi connectivity index (χ0v) is 12.3. The van der Waals surface area contributed by atoms with Crippen LogP contribution in [-0.2, 0) is 18.1 Å². The molecule has 2 aromatic rings. The lowest BCUT2D eigenvalue weighted by molar-refractivity contribution is -0.137. The van der Waals surface area contributed by atoms with Gasteiger partial charge in [-0.15, -0.1) is 0 Å². The molecule has 0 aliphatic carbocycles. The number of hydrogen-bond donors (Lipinski definition) is 0. The van der Waals surface area contributed by atoms with E-state index in [4.69, 9.17) is 4.74 Å². The highest BCUT2D eigenvalue weighted by atomic mass is 79.9. The molecule has 0 bridgehead atoms. The van der Waals surface area contributed by atoms with E-state index in [1.807, 2.05) is 0 Å². The zero-order chi connectivity index (χ0) is 15.5. The van der Waals surface area contributed by atoms with E-state index in [0.717, 1.165) is 12.1 Å². The van der Waals surface area contributed by atoms with Gasteiger partial charge in [0.25, 0.3) is 0 Å². The maximum absolute atomic E-state index is 13.7. The van der Waals surface area contributed by atoms with Crippen molar-refractivity contribution in [3.63, 3.8) is 0 Å². The van der Waals surface area contributed by atoms with Crippen LogP contribution in [-0.4, -0.2) is 0 Å². The van der Waals surface area contributed by atoms with Crippen molar-refractivity contribution in [2.45, 2.75) is 18.1 Å². The largest absolute Gasteiger partial charge is 0.486 e. The topological polar surface area (TPSA) is 9.23 Å². The SMILES string of the molecule is Fc1cccc(CBr)c1OCc1cccc(C(F)(F)F)c1. The highest BCUT2D eigenvalue weighted by Crippen LogP contribution is 2.30. The van der Waals surface area contributed by atoms with Gasteiger partial charge < -0.3 is 4.74 Å². The van der Waals surface area contributed by atoms with Crippen molar-refractivity contribution in [2.24, 2.45) is 0 Å². The quantitative estimate of drug-likeness (QED) is 0.528. The Labute approximate surface area is 127 Å². The molecule has 0 aliphatic heterocycles. The molecule has 0 spiro atoms. The van der Waals surface area contributed by atoms with E-state index in [1.165, 1.54) is 18.2 Å². The van der Waals surface area contributed by atoms with E-state index in [1.54, 1.807) is 12.1 Å². The molecule has 2 rings (SSSR count). The highest BCUT2D eigenvalue weighted by molar-refractivity contribution is 9.08. The number of para-hydroxylation sites is 1. The Balaban J connectivity index is 2.18. The predicted molar refractivity (Wildman–Crippen MR) is 74.8 cm³/mol. The van der Waals surface area contributed by atoms with Crippen molar-refractivity contribution in [2.75, 3.05) is 0 Å². The van der Waals surface area contributed by atoms with Crippen molar-refractivity contribution >= 4 is 15.9 Å². The minimum Gasteiger partial charge on any atom is -0.486 e. The van der Waals surface area contributed by atoms with Crippen LogP contribution in [0.4, 0.5) is 17.6 Å². The summed E-state index contributed by atoms with van der Waals surface area (Å²) in [6.07, 6.45) is -4.41. The summed E-state index contributed by atoms with van der Waals surface area (Å²) in [4.78, 5) is 0. The summed E-state index contributed by atoms with van der Waals surface area (Å²) in [6.45, 7) is -0.134. The average molecular weight is 363 g/mol. The van der Waals surface area contributed by atoms with Crippen LogP contribution in [0.2, 0.25) is 0 Å². The molecule has 0 aliphatic rings. The van der Waals surface area contributed by atoms with Crippen LogP contribution < -0.4 is 4.74 Å². The summed E-state index contributed by atoms with van der Waals surface area (Å²) in [7, 11) is 0. The summed E-state index contributed by atoms with van der Waals surface area (Å²) >= 11 is 3.21. The maximum Gasteiger partial charge on any atom is 0.416 e. The Bertz CT molecular complexity index is 625. The molecule has 0 radical (unpaired) electrons. The second-order valence-electron chi connectivity index (χ2n) is 4.35. The normalized spacial score (nSPS) is 11.5. The fourth-order valence-corrected chi connectivity index (χ4v) is 2.25. The van der Waals surface area contributed by atoms with Gasteiger partial charge in [0, 0.05) is 10.9 Å². The van der Waals surface area contributed by atoms with Crippen LogP contribution in [0.5, 0.6) is 5.75 Å². The second-order valence-corrected chi connectivity index (χ2v) is 4.91. The highest BCUT2D eigenvalue weighted by Gasteiger charge is 2.30. The molecule has 0 amide bonds. The molecule has 0 unspecified atom stereocenters. The first-order chi connectivity index (χ1) is 9.91. The number of benzene rings is 2. The fraction of sp³-hybridized carbons (Fsp3) is 0.200. The lowest BCUT2D eigenvalue weighted by Gasteiger charge is -2.12. The van der Waals surface area contributed by atoms with Gasteiger partial charge in [0.1, 0.15) is 6.61 Å². The minimum atomic E-state index is -4.41. The molecule has 0 aromatic heterocycles. The van der Waals surface area contributed by atoms with Crippen LogP contribution in [0.25, 0.3) is 0 Å². The van der Waals surface area contributed by atoms with E-state index in [2.05, 4.69) is 15.9 Å². The number of ether oxygens (including phenoxy) is 1. The third-order valence-corrected chi connectivity index (χ3v) is 3.43. The van der Waals surface area contributed by atoms with Gasteiger partial charge in [0.2, 0.25) is 0 Å². The molecule has 0 atom stereocenters. The molecule has 21 heavy (non-hydrogen) atoms. The first-order valence-electron chi connectivity index (χ1n) is 6.04. The first kappa shape index (κ1) is 15.8. The third kappa shape index (κ3) is 3.97. The van der Waals surface area contributed by atoms with Crippen LogP contribution in [0.3, 0.4) is 0 Å². The van der Waals surface area contributed by atoms with Gasteiger partial charge in [-0.1, -0.05) is 40.2 Å². The number of halogens is 5. The Morgan fingerprint density at radius 3 is 2.43 bits per heavy atom. The van der Waals surface area contributed by atoms with E-state index in [-0.39, 0.29) is 12.4 Å². The van der Waals surface area contributed by atoms with Crippen molar-refractivity contribution in [3.8, 4) is 5.75 Å². The van der Waals surface area contributed by atoms with Crippen LogP contribution in [0.1, 0.15) is 16.7 Å². The van der Waals surface area contributed by atoms with Crippen molar-refractivity contribution in [1.29, 1.82) is 0 Å². The smallest absolute Gasteiger partial charge is 0.416 e. The zero-order valence-electron chi connectivity index (χ0n) is 10.8. The summed E-state index contributed by atoms with van der Waals surface area (Å²) in [5, 5.41) is 0.392. The first-order valence-corrected chi connectivity index (χ1v) is 7.16. The van der Waals surface area contributed by atoms with Crippen molar-refractivity contribution in [3.05, 3.63) is 65.0 Å². The Hall–Kier alpha value is -1.56. The van der Waals surface area contributed by atoms with Crippen LogP contribution >= 0.6 is 15.9 Å². The fourth-order valence-electron chi connectivity index (χ4n) is 1.81. The number of rotatable bonds is 4. The van der Waals surface area contributed by atoms with Gasteiger partial charge in [0.05, 0.1) is 5.56 Å². The molecule has 0 heterocycles. The molecule has 1 nitrogen and oxygen atoms in total. The van der Waals surface area contributed by atoms with Gasteiger partial charge in [-0.25, -0.2) is 4.39 Å². The lowest BCUT2D eigenvalue weighted by Crippen LogP contribution is -2.06. The van der Waals surface area contributed by atoms with E-state index < -0.39 is 17.6 Å². The van der Waals surface area contributed by atoms with Gasteiger partial charge in [-0.3, -0.25) is 0 Å². The van der Waals surface area contributed by atoms with Gasteiger partial charge in [-0.2, -0.15) is 13.2 Å². The molecule has 0 N–H and O–H groups in total. The maximum atomic E-state index is 13.7. The molecule has 0 saturated heterocycles. The van der Waals surface area contributed by atoms with Gasteiger partial charge >= 0.3 is 6.18 Å². The van der Waals surface area contributed by atoms with Crippen molar-refractivity contribution in [1.82, 2.24) is 0 Å². The van der Waals surface area contributed by atoms with E-state index >= 15 is 0 Å². The van der Waals surface area contributed by atoms with Gasteiger partial charge in [-0.05, 0) is 23.8 Å². The van der Waals surface area contributed by atoms with E-state index in [0.29, 0.717) is 16.5 Å². The Kier molecular flexibility index (Phi) is 4.88. The predicted octanol–water partition coefficient (Wildman–Crippen LogP) is 5.32. The Morgan fingerprint density at radius 1 is 1.05 bits per heavy atom. The minimum absolute atomic E-state index is 0.0480. The molecular weight excluding hydrogens is 352 g/mol. The van der Waals surface area contributed by atoms with Crippen LogP contribution in [0, 0.1) is 5.82 Å². The van der Waals surface area contributed by atoms with Crippen LogP contribution in [0.15, 0.2) is 42.5 Å². The molecule has 2 aromatic carbocycles. The summed E-state index contributed by atoms with van der Waals surface area (Å²) in [5.74, 6) is -0.495. The van der Waals surface area contributed by atoms with Crippen molar-refractivity contribution < 1.29 is 22.3 Å². The monoisotopic (exact) mass is 362 g/mol. The standard InChI is InChI=1S/C15H11BrF4O/c16-8-11-4-2-6-13(17)14(11)21-9-10-3-1-5-12(7-10)15(18,19)20/h1-7H,8-9H2. The number of alkyl halides is 4. The lowest BCUT2D eigenvalue weighted by atomic mass is 10.1. The Morgan fingerprint density at radius 2 is 1.76 bits per heavy atom.